The van der Waals surface area contributed by atoms with Gasteiger partial charge in [-0.2, -0.15) is 4.68 Å². The fourth-order valence-electron chi connectivity index (χ4n) is 2.93. The number of nitrogens with zero attached hydrogens (tertiary/aromatic N) is 3. The molecule has 0 aliphatic rings. The van der Waals surface area contributed by atoms with Crippen molar-refractivity contribution in [3.05, 3.63) is 78.4 Å². The molecule has 0 atom stereocenters. The fourth-order valence-corrected chi connectivity index (χ4v) is 2.93. The standard InChI is InChI=1S/C20H15FN4O/c21-17-4-2-1-3-15(17)12-19(26)25-18-6-5-14(11-16(18)20(22)24-25)13-7-9-23-10-8-13/h1-11H,12H2,(H2,22,24). The predicted octanol–water partition coefficient (Wildman–Crippen LogP) is 3.70. The van der Waals surface area contributed by atoms with Gasteiger partial charge in [0.15, 0.2) is 5.82 Å². The van der Waals surface area contributed by atoms with Crippen molar-refractivity contribution in [2.24, 2.45) is 0 Å². The Balaban J connectivity index is 1.73. The van der Waals surface area contributed by atoms with Gasteiger partial charge in [-0.05, 0) is 47.0 Å². The minimum Gasteiger partial charge on any atom is -0.382 e. The molecule has 0 fully saturated rings. The molecule has 6 heteroatoms. The van der Waals surface area contributed by atoms with E-state index in [0.29, 0.717) is 16.5 Å². The van der Waals surface area contributed by atoms with Gasteiger partial charge in [0.1, 0.15) is 5.82 Å². The summed E-state index contributed by atoms with van der Waals surface area (Å²) in [5, 5.41) is 4.84. The summed E-state index contributed by atoms with van der Waals surface area (Å²) in [7, 11) is 0. The Bertz CT molecular complexity index is 1110. The van der Waals surface area contributed by atoms with Crippen molar-refractivity contribution >= 4 is 22.6 Å². The van der Waals surface area contributed by atoms with E-state index in [2.05, 4.69) is 10.1 Å². The van der Waals surface area contributed by atoms with Crippen molar-refractivity contribution in [2.45, 2.75) is 6.42 Å². The molecule has 2 aromatic heterocycles. The number of hydrogen-bond donors (Lipinski definition) is 1. The number of nitrogens with two attached hydrogens (primary N) is 1. The molecule has 0 saturated heterocycles. The molecule has 0 amide bonds. The molecule has 0 spiro atoms. The van der Waals surface area contributed by atoms with Crippen molar-refractivity contribution in [1.82, 2.24) is 14.8 Å². The SMILES string of the molecule is Nc1nn(C(=O)Cc2ccccc2F)c2ccc(-c3ccncc3)cc12. The average Bonchev–Trinajstić information content (AvgIpc) is 3.01. The van der Waals surface area contributed by atoms with Crippen molar-refractivity contribution < 1.29 is 9.18 Å². The lowest BCUT2D eigenvalue weighted by Crippen LogP contribution is -2.16. The van der Waals surface area contributed by atoms with Gasteiger partial charge in [-0.1, -0.05) is 24.3 Å². The first-order valence-corrected chi connectivity index (χ1v) is 8.09. The molecule has 128 valence electrons. The first kappa shape index (κ1) is 16.0. The summed E-state index contributed by atoms with van der Waals surface area (Å²) in [6, 6.07) is 15.6. The maximum absolute atomic E-state index is 13.8. The van der Waals surface area contributed by atoms with Crippen LogP contribution in [0.2, 0.25) is 0 Å². The monoisotopic (exact) mass is 346 g/mol. The second kappa shape index (κ2) is 6.40. The molecule has 2 aromatic carbocycles. The van der Waals surface area contributed by atoms with Crippen molar-refractivity contribution in [2.75, 3.05) is 5.73 Å². The van der Waals surface area contributed by atoms with E-state index in [-0.39, 0.29) is 18.1 Å². The summed E-state index contributed by atoms with van der Waals surface area (Å²) in [5.74, 6) is -0.489. The zero-order chi connectivity index (χ0) is 18.1. The predicted molar refractivity (Wildman–Crippen MR) is 98.1 cm³/mol. The number of fused-ring (bicyclic) bond motifs is 1. The summed E-state index contributed by atoms with van der Waals surface area (Å²) >= 11 is 0. The highest BCUT2D eigenvalue weighted by Crippen LogP contribution is 2.27. The number of aromatic nitrogens is 3. The first-order valence-electron chi connectivity index (χ1n) is 8.09. The van der Waals surface area contributed by atoms with Crippen LogP contribution in [0.25, 0.3) is 22.0 Å². The van der Waals surface area contributed by atoms with Crippen molar-refractivity contribution in [1.29, 1.82) is 0 Å². The number of carbonyl (C=O) groups excluding carboxylic acids is 1. The maximum atomic E-state index is 13.8. The molecule has 0 radical (unpaired) electrons. The maximum Gasteiger partial charge on any atom is 0.252 e. The van der Waals surface area contributed by atoms with E-state index in [4.69, 9.17) is 5.73 Å². The highest BCUT2D eigenvalue weighted by Gasteiger charge is 2.16. The van der Waals surface area contributed by atoms with Crippen molar-refractivity contribution in [3.63, 3.8) is 0 Å². The number of hydrogen-bond acceptors (Lipinski definition) is 4. The topological polar surface area (TPSA) is 73.8 Å². The Hall–Kier alpha value is -3.54. The highest BCUT2D eigenvalue weighted by atomic mass is 19.1. The Labute approximate surface area is 148 Å². The van der Waals surface area contributed by atoms with Gasteiger partial charge in [-0.25, -0.2) is 4.39 Å². The van der Waals surface area contributed by atoms with Gasteiger partial charge >= 0.3 is 0 Å². The van der Waals surface area contributed by atoms with E-state index < -0.39 is 5.82 Å². The lowest BCUT2D eigenvalue weighted by Gasteiger charge is -2.05. The molecule has 2 N–H and O–H groups in total. The Morgan fingerprint density at radius 2 is 1.81 bits per heavy atom. The molecule has 4 aromatic rings. The minimum atomic E-state index is -0.412. The van der Waals surface area contributed by atoms with Crippen LogP contribution in [0.5, 0.6) is 0 Å². The third kappa shape index (κ3) is 2.82. The van der Waals surface area contributed by atoms with Gasteiger partial charge in [-0.3, -0.25) is 9.78 Å². The second-order valence-electron chi connectivity index (χ2n) is 5.93. The zero-order valence-electron chi connectivity index (χ0n) is 13.8. The largest absolute Gasteiger partial charge is 0.382 e. The van der Waals surface area contributed by atoms with E-state index in [1.807, 2.05) is 24.3 Å². The molecule has 0 aliphatic carbocycles. The minimum absolute atomic E-state index is 0.0883. The molecular formula is C20H15FN4O. The molecule has 0 bridgehead atoms. The number of pyridine rings is 1. The Morgan fingerprint density at radius 1 is 1.04 bits per heavy atom. The number of rotatable bonds is 3. The van der Waals surface area contributed by atoms with Crippen LogP contribution < -0.4 is 5.73 Å². The number of nitrogen functional groups attached to an aromatic ring is 1. The van der Waals surface area contributed by atoms with Crippen LogP contribution in [0.4, 0.5) is 10.2 Å². The fraction of sp³-hybridized carbons (Fsp3) is 0.0500. The molecule has 0 aliphatic heterocycles. The number of carbonyl (C=O) groups is 1. The van der Waals surface area contributed by atoms with Crippen LogP contribution in [-0.4, -0.2) is 20.7 Å². The van der Waals surface area contributed by atoms with Crippen LogP contribution >= 0.6 is 0 Å². The smallest absolute Gasteiger partial charge is 0.252 e. The summed E-state index contributed by atoms with van der Waals surface area (Å²) in [6.07, 6.45) is 3.34. The lowest BCUT2D eigenvalue weighted by atomic mass is 10.1. The lowest BCUT2D eigenvalue weighted by molar-refractivity contribution is 0.0903. The molecular weight excluding hydrogens is 331 g/mol. The molecule has 0 unspecified atom stereocenters. The summed E-state index contributed by atoms with van der Waals surface area (Å²) in [4.78, 5) is 16.6. The van der Waals surface area contributed by atoms with Gasteiger partial charge in [0.2, 0.25) is 0 Å². The Morgan fingerprint density at radius 3 is 2.58 bits per heavy atom. The van der Waals surface area contributed by atoms with Gasteiger partial charge < -0.3 is 5.73 Å². The van der Waals surface area contributed by atoms with Crippen LogP contribution in [0.3, 0.4) is 0 Å². The summed E-state index contributed by atoms with van der Waals surface area (Å²) in [6.45, 7) is 0. The van der Waals surface area contributed by atoms with Crippen LogP contribution in [0.1, 0.15) is 10.4 Å². The normalized spacial score (nSPS) is 11.0. The average molecular weight is 346 g/mol. The zero-order valence-corrected chi connectivity index (χ0v) is 13.8. The van der Waals surface area contributed by atoms with E-state index in [1.165, 1.54) is 10.7 Å². The number of anilines is 1. The summed E-state index contributed by atoms with van der Waals surface area (Å²) in [5.41, 5.74) is 8.88. The van der Waals surface area contributed by atoms with Gasteiger partial charge in [0, 0.05) is 17.8 Å². The van der Waals surface area contributed by atoms with Crippen LogP contribution in [0, 0.1) is 5.82 Å². The third-order valence-corrected chi connectivity index (χ3v) is 4.26. The summed E-state index contributed by atoms with van der Waals surface area (Å²) < 4.78 is 15.1. The van der Waals surface area contributed by atoms with E-state index >= 15 is 0 Å². The first-order chi connectivity index (χ1) is 12.6. The Kier molecular flexibility index (Phi) is 3.93. The second-order valence-corrected chi connectivity index (χ2v) is 5.93. The molecule has 5 nitrogen and oxygen atoms in total. The molecule has 4 rings (SSSR count). The van der Waals surface area contributed by atoms with E-state index in [0.717, 1.165) is 11.1 Å². The quantitative estimate of drug-likeness (QED) is 0.614. The van der Waals surface area contributed by atoms with E-state index in [9.17, 15) is 9.18 Å². The number of benzene rings is 2. The van der Waals surface area contributed by atoms with Crippen molar-refractivity contribution in [3.8, 4) is 11.1 Å². The van der Waals surface area contributed by atoms with Crippen LogP contribution in [-0.2, 0) is 6.42 Å². The van der Waals surface area contributed by atoms with Gasteiger partial charge in [0.05, 0.1) is 11.9 Å². The number of halogens is 1. The molecule has 26 heavy (non-hydrogen) atoms. The van der Waals surface area contributed by atoms with E-state index in [1.54, 1.807) is 36.7 Å². The van der Waals surface area contributed by atoms with Gasteiger partial charge in [0.25, 0.3) is 5.91 Å². The third-order valence-electron chi connectivity index (χ3n) is 4.26. The molecule has 2 heterocycles. The molecule has 0 saturated carbocycles. The van der Waals surface area contributed by atoms with Gasteiger partial charge in [-0.15, -0.1) is 5.10 Å². The van der Waals surface area contributed by atoms with Crippen LogP contribution in [0.15, 0.2) is 67.0 Å². The highest BCUT2D eigenvalue weighted by molar-refractivity contribution is 5.99.